The molecule has 4 rings (SSSR count). The molecule has 0 N–H and O–H groups in total. The fraction of sp³-hybridized carbons (Fsp3) is 0.393. The van der Waals surface area contributed by atoms with Gasteiger partial charge in [0.15, 0.2) is 10.7 Å². The quantitative estimate of drug-likeness (QED) is 0.223. The van der Waals surface area contributed by atoms with Crippen molar-refractivity contribution in [3.63, 3.8) is 0 Å². The molecular formula is C28H32ClF3N4O5S. The lowest BCUT2D eigenvalue weighted by Gasteiger charge is -2.31. The van der Waals surface area contributed by atoms with Gasteiger partial charge in [0.1, 0.15) is 28.2 Å². The zero-order chi connectivity index (χ0) is 30.8. The first-order valence-corrected chi connectivity index (χ1v) is 14.7. The van der Waals surface area contributed by atoms with E-state index in [9.17, 15) is 12.8 Å². The smallest absolute Gasteiger partial charge is 0.271 e. The number of likely N-dealkylation sites (N-methyl/N-ethyl adjacent to an activating group) is 1. The molecule has 3 aromatic rings. The predicted molar refractivity (Wildman–Crippen MR) is 154 cm³/mol. The Morgan fingerprint density at radius 2 is 1.81 bits per heavy atom. The Kier molecular flexibility index (Phi) is 9.46. The summed E-state index contributed by atoms with van der Waals surface area (Å²) in [5.41, 5.74) is -0.317. The number of rotatable bonds is 11. The summed E-state index contributed by atoms with van der Waals surface area (Å²) in [5.74, 6) is -3.57. The Morgan fingerprint density at radius 1 is 1.07 bits per heavy atom. The molecule has 0 bridgehead atoms. The molecule has 0 spiro atoms. The minimum absolute atomic E-state index is 0.00412. The van der Waals surface area contributed by atoms with Crippen LogP contribution in [-0.4, -0.2) is 79.0 Å². The molecule has 0 aliphatic carbocycles. The van der Waals surface area contributed by atoms with E-state index in [1.807, 2.05) is 19.0 Å². The summed E-state index contributed by atoms with van der Waals surface area (Å²) < 4.78 is 90.7. The van der Waals surface area contributed by atoms with Crippen LogP contribution >= 0.6 is 11.6 Å². The molecule has 1 aromatic heterocycles. The van der Waals surface area contributed by atoms with E-state index in [2.05, 4.69) is 4.98 Å². The Bertz CT molecular complexity index is 1560. The number of methoxy groups -OCH3 is 3. The van der Waals surface area contributed by atoms with Crippen LogP contribution in [0.5, 0.6) is 11.5 Å². The molecule has 1 unspecified atom stereocenters. The van der Waals surface area contributed by atoms with Gasteiger partial charge in [-0.15, -0.1) is 0 Å². The van der Waals surface area contributed by atoms with Gasteiger partial charge in [0.2, 0.25) is 5.95 Å². The zero-order valence-corrected chi connectivity index (χ0v) is 25.4. The van der Waals surface area contributed by atoms with Crippen LogP contribution in [0.2, 0.25) is 5.02 Å². The molecule has 0 amide bonds. The summed E-state index contributed by atoms with van der Waals surface area (Å²) in [6, 6.07) is 8.94. The highest BCUT2D eigenvalue weighted by atomic mass is 35.5. The minimum atomic E-state index is -5.04. The highest BCUT2D eigenvalue weighted by Crippen LogP contribution is 2.40. The van der Waals surface area contributed by atoms with Crippen LogP contribution in [0, 0.1) is 17.6 Å². The summed E-state index contributed by atoms with van der Waals surface area (Å²) in [5, 5.41) is -0.569. The molecule has 1 saturated heterocycles. The first-order valence-electron chi connectivity index (χ1n) is 12.8. The number of pyridine rings is 1. The van der Waals surface area contributed by atoms with Crippen LogP contribution in [0.3, 0.4) is 0 Å². The number of nitrogens with zero attached hydrogens (tertiary/aromatic N) is 4. The largest absolute Gasteiger partial charge is 0.497 e. The van der Waals surface area contributed by atoms with E-state index in [1.54, 1.807) is 18.1 Å². The Morgan fingerprint density at radius 3 is 2.43 bits per heavy atom. The summed E-state index contributed by atoms with van der Waals surface area (Å²) in [6.07, 6.45) is 0.560. The van der Waals surface area contributed by atoms with Gasteiger partial charge in [-0.1, -0.05) is 17.7 Å². The van der Waals surface area contributed by atoms with Crippen LogP contribution in [0.4, 0.5) is 24.7 Å². The van der Waals surface area contributed by atoms with Crippen molar-refractivity contribution in [3.05, 3.63) is 70.6 Å². The van der Waals surface area contributed by atoms with Crippen LogP contribution < -0.4 is 18.7 Å². The van der Waals surface area contributed by atoms with Gasteiger partial charge < -0.3 is 24.0 Å². The Labute approximate surface area is 248 Å². The molecule has 1 aliphatic heterocycles. The number of benzene rings is 2. The third-order valence-electron chi connectivity index (χ3n) is 7.10. The summed E-state index contributed by atoms with van der Waals surface area (Å²) in [4.78, 5) is 5.98. The van der Waals surface area contributed by atoms with E-state index in [-0.39, 0.29) is 18.0 Å². The lowest BCUT2D eigenvalue weighted by molar-refractivity contribution is -0.0100. The van der Waals surface area contributed by atoms with E-state index in [4.69, 9.17) is 25.8 Å². The lowest BCUT2D eigenvalue weighted by atomic mass is 10.0. The highest BCUT2D eigenvalue weighted by molar-refractivity contribution is 7.92. The molecule has 9 nitrogen and oxygen atoms in total. The van der Waals surface area contributed by atoms with Crippen molar-refractivity contribution in [2.75, 3.05) is 64.3 Å². The number of aromatic nitrogens is 1. The van der Waals surface area contributed by atoms with E-state index < -0.39 is 55.5 Å². The molecule has 1 aliphatic rings. The number of anilines is 2. The van der Waals surface area contributed by atoms with E-state index in [0.29, 0.717) is 35.1 Å². The van der Waals surface area contributed by atoms with Gasteiger partial charge in [-0.05, 0) is 44.8 Å². The molecule has 228 valence electrons. The van der Waals surface area contributed by atoms with Crippen molar-refractivity contribution in [3.8, 4) is 11.5 Å². The van der Waals surface area contributed by atoms with E-state index in [0.717, 1.165) is 12.1 Å². The summed E-state index contributed by atoms with van der Waals surface area (Å²) >= 11 is 6.39. The number of hydrogen-bond donors (Lipinski definition) is 0. The highest BCUT2D eigenvalue weighted by Gasteiger charge is 2.41. The monoisotopic (exact) mass is 628 g/mol. The molecule has 1 atom stereocenters. The topological polar surface area (TPSA) is 84.4 Å². The fourth-order valence-electron chi connectivity index (χ4n) is 5.09. The minimum Gasteiger partial charge on any atom is -0.497 e. The second kappa shape index (κ2) is 12.5. The fourth-order valence-corrected chi connectivity index (χ4v) is 6.93. The van der Waals surface area contributed by atoms with E-state index in [1.165, 1.54) is 38.5 Å². The molecular weight excluding hydrogens is 597 g/mol. The molecule has 0 radical (unpaired) electrons. The van der Waals surface area contributed by atoms with Crippen LogP contribution in [-0.2, 0) is 21.3 Å². The third kappa shape index (κ3) is 6.24. The van der Waals surface area contributed by atoms with Gasteiger partial charge >= 0.3 is 0 Å². The second-order valence-electron chi connectivity index (χ2n) is 10.1. The predicted octanol–water partition coefficient (Wildman–Crippen LogP) is 4.72. The maximum absolute atomic E-state index is 15.9. The Balaban J connectivity index is 1.79. The number of sulfonamides is 1. The van der Waals surface area contributed by atoms with Crippen LogP contribution in [0.1, 0.15) is 12.0 Å². The van der Waals surface area contributed by atoms with Gasteiger partial charge in [0, 0.05) is 44.4 Å². The summed E-state index contributed by atoms with van der Waals surface area (Å²) in [7, 11) is 3.10. The zero-order valence-electron chi connectivity index (χ0n) is 23.8. The molecule has 1 fully saturated rings. The molecule has 2 aromatic carbocycles. The van der Waals surface area contributed by atoms with Crippen LogP contribution in [0.25, 0.3) is 0 Å². The normalized spacial score (nSPS) is 17.1. The standard InChI is InChI=1S/C28H32ClF3N4O5S/c1-34(2)16-28(41-5)11-12-35(17-28)21-14-20(30)27(26(32)25(21)29)42(37,38)36(24-8-6-7-23(31)33-24)15-18-9-10-19(39-3)13-22(18)40-4/h6-10,13-14H,11-12,15-17H2,1-5H3. The maximum atomic E-state index is 15.9. The molecule has 42 heavy (non-hydrogen) atoms. The summed E-state index contributed by atoms with van der Waals surface area (Å²) in [6.45, 7) is 0.711. The van der Waals surface area contributed by atoms with Crippen molar-refractivity contribution in [1.29, 1.82) is 0 Å². The number of hydrogen-bond acceptors (Lipinski definition) is 8. The average molecular weight is 629 g/mol. The van der Waals surface area contributed by atoms with Gasteiger partial charge in [-0.3, -0.25) is 0 Å². The van der Waals surface area contributed by atoms with Gasteiger partial charge in [0.05, 0.1) is 32.1 Å². The van der Waals surface area contributed by atoms with Gasteiger partial charge in [-0.2, -0.15) is 4.39 Å². The van der Waals surface area contributed by atoms with Crippen molar-refractivity contribution < 1.29 is 35.8 Å². The van der Waals surface area contributed by atoms with Crippen LogP contribution in [0.15, 0.2) is 47.4 Å². The van der Waals surface area contributed by atoms with Crippen molar-refractivity contribution >= 4 is 33.1 Å². The third-order valence-corrected chi connectivity index (χ3v) is 9.25. The van der Waals surface area contributed by atoms with Crippen molar-refractivity contribution in [1.82, 2.24) is 9.88 Å². The Hall–Kier alpha value is -3.26. The maximum Gasteiger partial charge on any atom is 0.271 e. The SMILES string of the molecule is COc1ccc(CN(c2cccc(F)n2)S(=O)(=O)c2c(F)cc(N3CCC(CN(C)C)(OC)C3)c(Cl)c2F)c(OC)c1. The van der Waals surface area contributed by atoms with Gasteiger partial charge in [0.25, 0.3) is 10.0 Å². The number of ether oxygens (including phenoxy) is 3. The molecule has 14 heteroatoms. The van der Waals surface area contributed by atoms with Crippen molar-refractivity contribution in [2.45, 2.75) is 23.5 Å². The number of halogens is 4. The van der Waals surface area contributed by atoms with Gasteiger partial charge in [-0.25, -0.2) is 26.5 Å². The first kappa shape index (κ1) is 31.7. The molecule has 2 heterocycles. The first-order chi connectivity index (χ1) is 19.9. The van der Waals surface area contributed by atoms with E-state index >= 15 is 8.78 Å². The second-order valence-corrected chi connectivity index (χ2v) is 12.3. The van der Waals surface area contributed by atoms with Crippen molar-refractivity contribution in [2.24, 2.45) is 0 Å². The average Bonchev–Trinajstić information content (AvgIpc) is 3.36. The molecule has 0 saturated carbocycles. The lowest BCUT2D eigenvalue weighted by Crippen LogP contribution is -2.44.